The number of hydrogen-bond donors (Lipinski definition) is 7. The first-order valence-corrected chi connectivity index (χ1v) is 22.7. The van der Waals surface area contributed by atoms with Crippen LogP contribution in [0, 0.1) is 29.6 Å². The zero-order chi connectivity index (χ0) is 42.0. The maximum absolute atomic E-state index is 14.4. The molecule has 4 rings (SSSR count). The molecule has 1 heterocycles. The summed E-state index contributed by atoms with van der Waals surface area (Å²) in [5, 5.41) is 15.0. The van der Waals surface area contributed by atoms with Gasteiger partial charge in [-0.1, -0.05) is 58.8 Å². The van der Waals surface area contributed by atoms with Crippen LogP contribution in [0.25, 0.3) is 0 Å². The number of nitrogens with two attached hydrogens (primary N) is 2. The quantitative estimate of drug-likeness (QED) is 0.0943. The normalized spacial score (nSPS) is 32.9. The molecule has 0 aromatic carbocycles. The van der Waals surface area contributed by atoms with Crippen LogP contribution in [0.5, 0.6) is 0 Å². The fourth-order valence-corrected chi connectivity index (χ4v) is 9.74. The highest BCUT2D eigenvalue weighted by atomic mass is 16.5. The van der Waals surface area contributed by atoms with E-state index in [2.05, 4.69) is 26.6 Å². The number of ether oxygens (including phenoxy) is 2. The monoisotopic (exact) mass is 819 g/mol. The van der Waals surface area contributed by atoms with Crippen molar-refractivity contribution >= 4 is 29.5 Å². The maximum atomic E-state index is 14.4. The van der Waals surface area contributed by atoms with Gasteiger partial charge >= 0.3 is 0 Å². The van der Waals surface area contributed by atoms with Gasteiger partial charge in [-0.3, -0.25) is 24.0 Å². The van der Waals surface area contributed by atoms with E-state index >= 15 is 0 Å². The molecule has 10 atom stereocenters. The molecule has 0 unspecified atom stereocenters. The molecule has 332 valence electrons. The smallest absolute Gasteiger partial charge is 0.245 e. The lowest BCUT2D eigenvalue weighted by Crippen LogP contribution is -2.62. The topological polar surface area (TPSA) is 219 Å². The third-order valence-electron chi connectivity index (χ3n) is 13.1. The van der Waals surface area contributed by atoms with Gasteiger partial charge in [-0.05, 0) is 108 Å². The number of carbonyl (C=O) groups is 5. The zero-order valence-electron chi connectivity index (χ0n) is 36.1. The van der Waals surface area contributed by atoms with Crippen molar-refractivity contribution in [2.75, 3.05) is 53.0 Å². The summed E-state index contributed by atoms with van der Waals surface area (Å²) in [6.45, 7) is 8.02. The van der Waals surface area contributed by atoms with Crippen LogP contribution in [0.3, 0.4) is 0 Å². The molecule has 15 nitrogen and oxygen atoms in total. The Morgan fingerprint density at radius 2 is 1.45 bits per heavy atom. The summed E-state index contributed by atoms with van der Waals surface area (Å²) in [4.78, 5) is 72.2. The number of nitrogens with one attached hydrogen (secondary N) is 5. The Bertz CT molecular complexity index is 1290. The van der Waals surface area contributed by atoms with Crippen LogP contribution in [0.15, 0.2) is 0 Å². The number of hydrogen-bond acceptors (Lipinski definition) is 10. The van der Waals surface area contributed by atoms with E-state index in [0.29, 0.717) is 38.3 Å². The molecule has 0 radical (unpaired) electrons. The summed E-state index contributed by atoms with van der Waals surface area (Å²) < 4.78 is 12.5. The molecule has 4 fully saturated rings. The second kappa shape index (κ2) is 25.0. The summed E-state index contributed by atoms with van der Waals surface area (Å²) in [5.41, 5.74) is 11.7. The Morgan fingerprint density at radius 1 is 0.793 bits per heavy atom. The molecule has 2 bridgehead atoms. The number of likely N-dealkylation sites (N-methyl/N-ethyl adjacent to an activating group) is 1. The van der Waals surface area contributed by atoms with Gasteiger partial charge in [-0.15, -0.1) is 0 Å². The summed E-state index contributed by atoms with van der Waals surface area (Å²) >= 11 is 0. The fraction of sp³-hybridized carbons (Fsp3) is 0.884. The van der Waals surface area contributed by atoms with Crippen molar-refractivity contribution in [1.29, 1.82) is 0 Å². The van der Waals surface area contributed by atoms with E-state index < -0.39 is 65.9 Å². The summed E-state index contributed by atoms with van der Waals surface area (Å²) in [6, 6.07) is -4.45. The van der Waals surface area contributed by atoms with Gasteiger partial charge in [-0.25, -0.2) is 0 Å². The van der Waals surface area contributed by atoms with E-state index in [1.165, 1.54) is 19.3 Å². The molecule has 15 heteroatoms. The van der Waals surface area contributed by atoms with E-state index in [-0.39, 0.29) is 31.6 Å². The fourth-order valence-electron chi connectivity index (χ4n) is 9.74. The molecule has 3 aliphatic carbocycles. The lowest BCUT2D eigenvalue weighted by Gasteiger charge is -2.36. The predicted molar refractivity (Wildman–Crippen MR) is 224 cm³/mol. The van der Waals surface area contributed by atoms with Crippen LogP contribution in [0.4, 0.5) is 0 Å². The van der Waals surface area contributed by atoms with Crippen LogP contribution >= 0.6 is 0 Å². The average Bonchev–Trinajstić information content (AvgIpc) is 3.36. The van der Waals surface area contributed by atoms with Crippen LogP contribution in [0.2, 0.25) is 0 Å². The SMILES string of the molecule is CCC[C@H]1C(=O)N[C@@H](C2CCCCCC2)C(=O)N[C@@H](CN)C(=O)N[C@@H](COCCCNCCCN)C(=O)N[C@H](C)CO[C@H](C[C@@H]2C[C@@H]3CC[C@@H](C3)C2)[C@@H](C)C(=O)N1C. The Morgan fingerprint density at radius 3 is 2.10 bits per heavy atom. The number of nitrogens with zero attached hydrogens (tertiary/aromatic N) is 1. The Labute approximate surface area is 347 Å². The highest BCUT2D eigenvalue weighted by molar-refractivity contribution is 5.96. The second-order valence-corrected chi connectivity index (χ2v) is 17.9. The van der Waals surface area contributed by atoms with E-state index in [0.717, 1.165) is 89.1 Å². The van der Waals surface area contributed by atoms with Crippen molar-refractivity contribution in [2.24, 2.45) is 41.1 Å². The van der Waals surface area contributed by atoms with Crippen LogP contribution in [-0.4, -0.2) is 124 Å². The van der Waals surface area contributed by atoms with Gasteiger partial charge in [-0.2, -0.15) is 0 Å². The Kier molecular flexibility index (Phi) is 20.7. The van der Waals surface area contributed by atoms with Crippen molar-refractivity contribution in [3.8, 4) is 0 Å². The average molecular weight is 819 g/mol. The van der Waals surface area contributed by atoms with Crippen LogP contribution in [-0.2, 0) is 33.4 Å². The summed E-state index contributed by atoms with van der Waals surface area (Å²) in [7, 11) is 1.68. The lowest BCUT2D eigenvalue weighted by atomic mass is 9.77. The molecule has 58 heavy (non-hydrogen) atoms. The largest absolute Gasteiger partial charge is 0.379 e. The lowest BCUT2D eigenvalue weighted by molar-refractivity contribution is -0.147. The molecule has 5 amide bonds. The first kappa shape index (κ1) is 47.8. The van der Waals surface area contributed by atoms with Gasteiger partial charge in [0.15, 0.2) is 0 Å². The van der Waals surface area contributed by atoms with Gasteiger partial charge in [0.25, 0.3) is 0 Å². The van der Waals surface area contributed by atoms with E-state index in [4.69, 9.17) is 20.9 Å². The van der Waals surface area contributed by atoms with Crippen LogP contribution in [0.1, 0.15) is 124 Å². The predicted octanol–water partition coefficient (Wildman–Crippen LogP) is 2.10. The summed E-state index contributed by atoms with van der Waals surface area (Å²) in [5.74, 6) is -1.02. The maximum Gasteiger partial charge on any atom is 0.245 e. The molecular weight excluding hydrogens is 741 g/mol. The number of amides is 5. The summed E-state index contributed by atoms with van der Waals surface area (Å²) in [6.07, 6.45) is 14.4. The van der Waals surface area contributed by atoms with Gasteiger partial charge in [0.1, 0.15) is 24.2 Å². The molecule has 9 N–H and O–H groups in total. The van der Waals surface area contributed by atoms with Gasteiger partial charge < -0.3 is 52.4 Å². The van der Waals surface area contributed by atoms with E-state index in [1.807, 2.05) is 20.8 Å². The van der Waals surface area contributed by atoms with Crippen molar-refractivity contribution in [2.45, 2.75) is 160 Å². The van der Waals surface area contributed by atoms with Crippen LogP contribution < -0.4 is 38.1 Å². The molecular formula is C43H78N8O7. The van der Waals surface area contributed by atoms with Crippen molar-refractivity contribution in [3.63, 3.8) is 0 Å². The first-order valence-electron chi connectivity index (χ1n) is 22.7. The molecule has 0 spiro atoms. The third kappa shape index (κ3) is 14.7. The Balaban J connectivity index is 1.62. The second-order valence-electron chi connectivity index (χ2n) is 17.9. The molecule has 0 aromatic rings. The molecule has 4 aliphatic rings. The Hall–Kier alpha value is -2.85. The van der Waals surface area contributed by atoms with E-state index in [1.54, 1.807) is 11.9 Å². The van der Waals surface area contributed by atoms with Crippen molar-refractivity contribution in [3.05, 3.63) is 0 Å². The number of carbonyl (C=O) groups excluding carboxylic acids is 5. The van der Waals surface area contributed by atoms with Gasteiger partial charge in [0.2, 0.25) is 29.5 Å². The minimum absolute atomic E-state index is 0.0940. The standard InChI is InChI=1S/C43H78N8O7/c1-5-12-36-41(54)50-38(33-13-8-6-7-9-14-33)42(55)48-34(25-45)39(52)49-35(27-57-20-11-19-46-18-10-17-44)40(53)47-28(2)26-58-37(29(3)43(56)51(36)4)24-32-22-30-15-16-31(21-30)23-32/h28-38,46H,5-27,44-45H2,1-4H3,(H,47,53)(H,48,55)(H,49,52)(H,50,54)/t28-,29-,30-,31+,32-,34+,35+,36+,37-,38+/m1/s1. The molecule has 0 aromatic heterocycles. The highest BCUT2D eigenvalue weighted by Gasteiger charge is 2.41. The van der Waals surface area contributed by atoms with Gasteiger partial charge in [0.05, 0.1) is 25.2 Å². The minimum Gasteiger partial charge on any atom is -0.379 e. The van der Waals surface area contributed by atoms with Gasteiger partial charge in [0, 0.05) is 26.2 Å². The van der Waals surface area contributed by atoms with E-state index in [9.17, 15) is 24.0 Å². The first-order chi connectivity index (χ1) is 27.9. The van der Waals surface area contributed by atoms with Crippen molar-refractivity contribution in [1.82, 2.24) is 31.5 Å². The minimum atomic E-state index is -1.17. The molecule has 1 saturated heterocycles. The number of fused-ring (bicyclic) bond motifs is 2. The van der Waals surface area contributed by atoms with Crippen molar-refractivity contribution < 1.29 is 33.4 Å². The third-order valence-corrected chi connectivity index (χ3v) is 13.1. The highest BCUT2D eigenvalue weighted by Crippen LogP contribution is 2.46. The number of rotatable bonds is 15. The molecule has 3 saturated carbocycles. The molecule has 1 aliphatic heterocycles. The zero-order valence-corrected chi connectivity index (χ0v) is 36.1.